The summed E-state index contributed by atoms with van der Waals surface area (Å²) >= 11 is 1.58. The van der Waals surface area contributed by atoms with Crippen molar-refractivity contribution in [1.29, 1.82) is 0 Å². The molecule has 3 saturated heterocycles. The van der Waals surface area contributed by atoms with Crippen molar-refractivity contribution in [3.05, 3.63) is 98.6 Å². The first-order chi connectivity index (χ1) is 38.5. The smallest absolute Gasteiger partial charge is 0.471 e. The number of phosphoric ester groups is 1. The molecule has 5 aliphatic heterocycles. The molecule has 4 N–H and O–H groups in total. The molecule has 0 bridgehead atoms. The fourth-order valence-corrected chi connectivity index (χ4v) is 14.4. The number of fused-ring (bicyclic) bond motifs is 4. The van der Waals surface area contributed by atoms with Crippen molar-refractivity contribution in [3.63, 3.8) is 0 Å². The molecule has 6 atom stereocenters. The molecule has 4 aromatic heterocycles. The maximum absolute atomic E-state index is 14.2. The van der Waals surface area contributed by atoms with E-state index in [1.165, 1.54) is 16.6 Å². The van der Waals surface area contributed by atoms with Crippen LogP contribution >= 0.6 is 19.2 Å². The van der Waals surface area contributed by atoms with E-state index in [9.17, 15) is 43.4 Å². The summed E-state index contributed by atoms with van der Waals surface area (Å²) in [4.78, 5) is 113. The van der Waals surface area contributed by atoms with Gasteiger partial charge in [-0.05, 0) is 138 Å². The van der Waals surface area contributed by atoms with Gasteiger partial charge in [0, 0.05) is 91.4 Å². The second-order valence-corrected chi connectivity index (χ2v) is 23.3. The number of thiophene rings is 1. The van der Waals surface area contributed by atoms with Gasteiger partial charge in [-0.15, -0.1) is 11.3 Å². The predicted octanol–water partition coefficient (Wildman–Crippen LogP) is 6.62. The van der Waals surface area contributed by atoms with Gasteiger partial charge >= 0.3 is 7.82 Å². The third-order valence-electron chi connectivity index (χ3n) is 16.2. The van der Waals surface area contributed by atoms with Gasteiger partial charge in [-0.2, -0.15) is 0 Å². The van der Waals surface area contributed by atoms with Crippen LogP contribution in [0.2, 0.25) is 0 Å². The van der Waals surface area contributed by atoms with Crippen molar-refractivity contribution in [2.75, 3.05) is 59.8 Å². The number of rotatable bonds is 13. The van der Waals surface area contributed by atoms with E-state index in [0.717, 1.165) is 91.8 Å². The minimum atomic E-state index is -5.08. The molecule has 5 aromatic rings. The monoisotopic (exact) mass is 1110 g/mol. The lowest BCUT2D eigenvalue weighted by Crippen LogP contribution is -2.58. The zero-order valence-electron chi connectivity index (χ0n) is 46.6. The Balaban J connectivity index is 0.737. The molecule has 21 nitrogen and oxygen atoms in total. The second kappa shape index (κ2) is 21.2. The van der Waals surface area contributed by atoms with E-state index in [1.807, 2.05) is 12.1 Å². The number of ether oxygens (including phenoxy) is 1. The lowest BCUT2D eigenvalue weighted by molar-refractivity contribution is -0.161. The van der Waals surface area contributed by atoms with Crippen LogP contribution in [-0.2, 0) is 37.9 Å². The number of aliphatic hydroxyl groups is 1. The van der Waals surface area contributed by atoms with Crippen molar-refractivity contribution in [3.8, 4) is 17.0 Å². The Morgan fingerprint density at radius 2 is 1.59 bits per heavy atom. The topological polar surface area (TPSA) is 252 Å². The van der Waals surface area contributed by atoms with E-state index in [0.29, 0.717) is 52.7 Å². The van der Waals surface area contributed by atoms with Crippen molar-refractivity contribution in [2.24, 2.45) is 0 Å². The first-order valence-electron chi connectivity index (χ1n) is 28.0. The highest BCUT2D eigenvalue weighted by Crippen LogP contribution is 2.44. The molecule has 78 heavy (non-hydrogen) atoms. The van der Waals surface area contributed by atoms with Crippen molar-refractivity contribution >= 4 is 77.4 Å². The van der Waals surface area contributed by atoms with Gasteiger partial charge in [-0.25, -0.2) is 19.5 Å². The van der Waals surface area contributed by atoms with Gasteiger partial charge < -0.3 is 34.7 Å². The van der Waals surface area contributed by atoms with Crippen molar-refractivity contribution in [2.45, 2.75) is 122 Å². The molecule has 3 fully saturated rings. The lowest BCUT2D eigenvalue weighted by Gasteiger charge is -2.48. The number of hydrogen-bond acceptors (Lipinski definition) is 17. The van der Waals surface area contributed by atoms with E-state index < -0.39 is 56.9 Å². The summed E-state index contributed by atoms with van der Waals surface area (Å²) in [5, 5.41) is 14.6. The SMILES string of the molecule is [2H]C([2H])([2H])Oc1ncc(-c2ccnc(N3CCc4c(sc5c4CCCC5)C3=O)c2[C@H](C)O)cc1Nc1ccc(N2CCN(C3CCN(c4ccc5c(c4)C(=O)N(C4CCC(=O)N(C(C)OP(=O)(O)O)C4=O)C5=O)[C@@H](C)C3)C[C@@H]2C)cn1. The average molecular weight is 1110 g/mol. The van der Waals surface area contributed by atoms with Gasteiger partial charge in [-0.3, -0.25) is 48.1 Å². The number of likely N-dealkylation sites (tertiary alicyclic amines) is 1. The van der Waals surface area contributed by atoms with E-state index in [2.05, 4.69) is 48.4 Å². The summed E-state index contributed by atoms with van der Waals surface area (Å²) in [6, 6.07) is 11.3. The van der Waals surface area contributed by atoms with Crippen LogP contribution in [-0.4, -0.2) is 144 Å². The third-order valence-corrected chi connectivity index (χ3v) is 18.1. The number of carbonyl (C=O) groups excluding carboxylic acids is 5. The number of aliphatic hydroxyl groups excluding tert-OH is 1. The number of nitrogens with zero attached hydrogens (tertiary/aromatic N) is 9. The third kappa shape index (κ3) is 9.85. The number of methoxy groups -OCH3 is 1. The van der Waals surface area contributed by atoms with Gasteiger partial charge in [0.1, 0.15) is 29.6 Å². The Morgan fingerprint density at radius 3 is 2.33 bits per heavy atom. The minimum Gasteiger partial charge on any atom is -0.480 e. The Bertz CT molecular complexity index is 3400. The van der Waals surface area contributed by atoms with Gasteiger partial charge in [0.05, 0.1) is 45.1 Å². The number of pyridine rings is 3. The summed E-state index contributed by atoms with van der Waals surface area (Å²) in [5.74, 6) is -2.61. The lowest BCUT2D eigenvalue weighted by atomic mass is 9.91. The van der Waals surface area contributed by atoms with Crippen LogP contribution in [0.3, 0.4) is 0 Å². The second-order valence-electron chi connectivity index (χ2n) is 21.0. The highest BCUT2D eigenvalue weighted by atomic mass is 32.1. The molecule has 11 rings (SSSR count). The van der Waals surface area contributed by atoms with Crippen LogP contribution in [0.4, 0.5) is 28.7 Å². The first kappa shape index (κ1) is 49.6. The summed E-state index contributed by atoms with van der Waals surface area (Å²) in [5.41, 5.74) is 6.14. The zero-order chi connectivity index (χ0) is 57.4. The van der Waals surface area contributed by atoms with Crippen LogP contribution in [0.15, 0.2) is 61.1 Å². The van der Waals surface area contributed by atoms with Crippen molar-refractivity contribution in [1.82, 2.24) is 29.7 Å². The molecule has 6 aliphatic rings. The summed E-state index contributed by atoms with van der Waals surface area (Å²) in [6.45, 7) is 10.5. The number of nitrogens with one attached hydrogen (secondary N) is 1. The quantitative estimate of drug-likeness (QED) is 0.0714. The van der Waals surface area contributed by atoms with E-state index in [-0.39, 0.29) is 59.6 Å². The normalized spacial score (nSPS) is 23.6. The van der Waals surface area contributed by atoms with E-state index >= 15 is 0 Å². The fourth-order valence-electron chi connectivity index (χ4n) is 12.5. The number of carbonyl (C=O) groups is 5. The van der Waals surface area contributed by atoms with Crippen LogP contribution in [0, 0.1) is 0 Å². The van der Waals surface area contributed by atoms with Crippen LogP contribution in [0.1, 0.15) is 128 Å². The van der Waals surface area contributed by atoms with Gasteiger partial charge in [0.15, 0.2) is 0 Å². The number of piperidine rings is 2. The largest absolute Gasteiger partial charge is 0.480 e. The Morgan fingerprint density at radius 1 is 0.808 bits per heavy atom. The molecular formula is C55H63N10O11PS. The summed E-state index contributed by atoms with van der Waals surface area (Å²) in [7, 11) is -7.90. The fraction of sp³-hybridized carbons (Fsp3) is 0.455. The van der Waals surface area contributed by atoms with Gasteiger partial charge in [-0.1, -0.05) is 0 Å². The molecule has 9 heterocycles. The first-order valence-corrected chi connectivity index (χ1v) is 28.8. The van der Waals surface area contributed by atoms with Gasteiger partial charge in [0.2, 0.25) is 11.8 Å². The number of imide groups is 2. The number of hydrogen-bond donors (Lipinski definition) is 4. The maximum Gasteiger partial charge on any atom is 0.471 e. The van der Waals surface area contributed by atoms with Crippen LogP contribution < -0.4 is 24.8 Å². The Kier molecular flexibility index (Phi) is 13.5. The molecule has 0 radical (unpaired) electrons. The summed E-state index contributed by atoms with van der Waals surface area (Å²) in [6.07, 6.45) is 8.39. The van der Waals surface area contributed by atoms with Gasteiger partial charge in [0.25, 0.3) is 23.6 Å². The number of benzene rings is 1. The molecule has 1 aromatic carbocycles. The van der Waals surface area contributed by atoms with Crippen LogP contribution in [0.5, 0.6) is 5.88 Å². The highest BCUT2D eigenvalue weighted by molar-refractivity contribution is 7.46. The number of anilines is 5. The highest BCUT2D eigenvalue weighted by Gasteiger charge is 2.49. The number of piperazine rings is 1. The Hall–Kier alpha value is -6.65. The predicted molar refractivity (Wildman–Crippen MR) is 291 cm³/mol. The molecular weight excluding hydrogens is 1040 g/mol. The van der Waals surface area contributed by atoms with Crippen LogP contribution in [0.25, 0.3) is 11.1 Å². The number of amides is 5. The Labute approximate surface area is 459 Å². The standard InChI is InChI=1S/C55H63N10O11PS/c1-30-24-35(17-20-61(30)36-10-12-41-42(26-36)53(69)65(52(41)68)44-13-15-47(67)64(54(44)70)33(4)76-77(72,73)74)60-22-23-62(31(2)29-60)37-11-14-46(57-28-37)59-43-25-34(27-58-51(43)75-5)38-16-19-56-50(48(38)32(3)66)63-21-18-40-39-8-6-7-9-45(39)78-49(40)55(63)71/h10-12,14,16,19,25-28,30-33,35,44,66H,6-9,13,15,17-18,20-24,29H2,1-5H3,(H,57,59)(H2,72,73,74)/t30-,31-,32-,33?,35?,44?/m0/s1/i5D3. The molecule has 23 heteroatoms. The number of aryl methyl sites for hydroxylation is 1. The summed E-state index contributed by atoms with van der Waals surface area (Å²) < 4.78 is 45.2. The minimum absolute atomic E-state index is 0.0625. The van der Waals surface area contributed by atoms with E-state index in [1.54, 1.807) is 65.9 Å². The molecule has 0 spiro atoms. The molecule has 410 valence electrons. The van der Waals surface area contributed by atoms with Crippen molar-refractivity contribution < 1.29 is 56.8 Å². The zero-order valence-corrected chi connectivity index (χ0v) is 45.3. The number of phosphoric acid groups is 1. The molecule has 5 amide bonds. The molecule has 0 saturated carbocycles. The number of aromatic nitrogens is 3. The van der Waals surface area contributed by atoms with E-state index in [4.69, 9.17) is 13.8 Å². The maximum atomic E-state index is 14.2. The molecule has 1 aliphatic carbocycles. The molecule has 3 unspecified atom stereocenters. The average Bonchev–Trinajstić information content (AvgIpc) is 4.02.